The second-order valence-electron chi connectivity index (χ2n) is 5.90. The Morgan fingerprint density at radius 2 is 2.12 bits per heavy atom. The fraction of sp³-hybridized carbons (Fsp3) is 0.118. The SMILES string of the molecule is O=C(O)c1c(Cl)cc2c(c1Cl)NCN(Cc1ccc3cn[nH]c3c1)C2=O. The Kier molecular flexibility index (Phi) is 3.97. The van der Waals surface area contributed by atoms with E-state index in [-0.39, 0.29) is 33.7 Å². The van der Waals surface area contributed by atoms with Crippen molar-refractivity contribution in [2.24, 2.45) is 0 Å². The molecule has 132 valence electrons. The zero-order chi connectivity index (χ0) is 18.4. The largest absolute Gasteiger partial charge is 0.478 e. The number of carbonyl (C=O) groups is 2. The van der Waals surface area contributed by atoms with Gasteiger partial charge in [-0.15, -0.1) is 0 Å². The molecule has 0 spiro atoms. The van der Waals surface area contributed by atoms with Crippen LogP contribution in [0.4, 0.5) is 5.69 Å². The highest BCUT2D eigenvalue weighted by Crippen LogP contribution is 2.37. The number of benzene rings is 2. The van der Waals surface area contributed by atoms with Gasteiger partial charge in [-0.05, 0) is 17.7 Å². The molecule has 4 rings (SSSR count). The molecule has 9 heteroatoms. The fourth-order valence-corrected chi connectivity index (χ4v) is 3.69. The van der Waals surface area contributed by atoms with Gasteiger partial charge in [-0.3, -0.25) is 9.89 Å². The van der Waals surface area contributed by atoms with Gasteiger partial charge in [0.25, 0.3) is 5.91 Å². The van der Waals surface area contributed by atoms with Gasteiger partial charge in [-0.25, -0.2) is 4.79 Å². The van der Waals surface area contributed by atoms with Crippen LogP contribution in [0.15, 0.2) is 30.5 Å². The molecule has 3 aromatic rings. The van der Waals surface area contributed by atoms with Gasteiger partial charge in [0.05, 0.1) is 45.2 Å². The number of carboxylic acid groups (broad SMARTS) is 1. The van der Waals surface area contributed by atoms with Gasteiger partial charge in [-0.1, -0.05) is 35.3 Å². The van der Waals surface area contributed by atoms with Crippen LogP contribution in [0.1, 0.15) is 26.3 Å². The summed E-state index contributed by atoms with van der Waals surface area (Å²) in [6, 6.07) is 7.12. The maximum Gasteiger partial charge on any atom is 0.338 e. The number of anilines is 1. The summed E-state index contributed by atoms with van der Waals surface area (Å²) in [6.07, 6.45) is 1.73. The Morgan fingerprint density at radius 1 is 1.31 bits per heavy atom. The molecule has 0 aliphatic carbocycles. The van der Waals surface area contributed by atoms with Crippen LogP contribution in [-0.4, -0.2) is 38.7 Å². The molecule has 1 aliphatic heterocycles. The molecule has 0 fully saturated rings. The maximum absolute atomic E-state index is 12.8. The average Bonchev–Trinajstić information content (AvgIpc) is 3.05. The van der Waals surface area contributed by atoms with E-state index in [9.17, 15) is 14.7 Å². The fourth-order valence-electron chi connectivity index (χ4n) is 3.00. The first-order valence-corrected chi connectivity index (χ1v) is 8.41. The number of aromatic nitrogens is 2. The lowest BCUT2D eigenvalue weighted by molar-refractivity contribution is 0.0693. The molecule has 0 atom stereocenters. The highest BCUT2D eigenvalue weighted by molar-refractivity contribution is 6.42. The highest BCUT2D eigenvalue weighted by Gasteiger charge is 2.30. The van der Waals surface area contributed by atoms with Crippen LogP contribution in [0, 0.1) is 0 Å². The van der Waals surface area contributed by atoms with Gasteiger partial charge >= 0.3 is 5.97 Å². The van der Waals surface area contributed by atoms with Crippen molar-refractivity contribution < 1.29 is 14.7 Å². The molecule has 1 aromatic heterocycles. The molecule has 0 saturated carbocycles. The van der Waals surface area contributed by atoms with Gasteiger partial charge in [-0.2, -0.15) is 5.10 Å². The number of aromatic amines is 1. The Hall–Kier alpha value is -2.77. The second-order valence-corrected chi connectivity index (χ2v) is 6.69. The average molecular weight is 391 g/mol. The molecule has 3 N–H and O–H groups in total. The molecule has 0 bridgehead atoms. The summed E-state index contributed by atoms with van der Waals surface area (Å²) in [7, 11) is 0. The van der Waals surface area contributed by atoms with Crippen LogP contribution in [0.25, 0.3) is 10.9 Å². The lowest BCUT2D eigenvalue weighted by Gasteiger charge is -2.31. The van der Waals surface area contributed by atoms with Gasteiger partial charge in [0.1, 0.15) is 0 Å². The van der Waals surface area contributed by atoms with Crippen molar-refractivity contribution in [3.05, 3.63) is 57.2 Å². The van der Waals surface area contributed by atoms with Gasteiger partial charge in [0.15, 0.2) is 0 Å². The maximum atomic E-state index is 12.8. The van der Waals surface area contributed by atoms with Crippen molar-refractivity contribution in [2.75, 3.05) is 12.0 Å². The number of H-pyrrole nitrogens is 1. The van der Waals surface area contributed by atoms with Gasteiger partial charge in [0.2, 0.25) is 0 Å². The van der Waals surface area contributed by atoms with Crippen LogP contribution >= 0.6 is 23.2 Å². The van der Waals surface area contributed by atoms with E-state index in [1.54, 1.807) is 11.1 Å². The van der Waals surface area contributed by atoms with Crippen molar-refractivity contribution in [2.45, 2.75) is 6.54 Å². The number of hydrogen-bond acceptors (Lipinski definition) is 4. The second kappa shape index (κ2) is 6.19. The monoisotopic (exact) mass is 390 g/mol. The van der Waals surface area contributed by atoms with E-state index in [0.29, 0.717) is 12.2 Å². The molecular formula is C17H12Cl2N4O3. The van der Waals surface area contributed by atoms with Crippen molar-refractivity contribution in [3.8, 4) is 0 Å². The summed E-state index contributed by atoms with van der Waals surface area (Å²) in [5.74, 6) is -1.52. The third-order valence-corrected chi connectivity index (χ3v) is 4.95. The zero-order valence-corrected chi connectivity index (χ0v) is 14.7. The summed E-state index contributed by atoms with van der Waals surface area (Å²) < 4.78 is 0. The van der Waals surface area contributed by atoms with Crippen molar-refractivity contribution in [3.63, 3.8) is 0 Å². The van der Waals surface area contributed by atoms with E-state index >= 15 is 0 Å². The number of carbonyl (C=O) groups excluding carboxylic acids is 1. The molecule has 2 heterocycles. The smallest absolute Gasteiger partial charge is 0.338 e. The number of nitrogens with zero attached hydrogens (tertiary/aromatic N) is 2. The summed E-state index contributed by atoms with van der Waals surface area (Å²) in [5, 5.41) is 20.0. The topological polar surface area (TPSA) is 98.3 Å². The minimum absolute atomic E-state index is 0.0631. The summed E-state index contributed by atoms with van der Waals surface area (Å²) in [5.41, 5.74) is 2.14. The van der Waals surface area contributed by atoms with Crippen LogP contribution in [0.5, 0.6) is 0 Å². The predicted molar refractivity (Wildman–Crippen MR) is 97.9 cm³/mol. The minimum Gasteiger partial charge on any atom is -0.478 e. The van der Waals surface area contributed by atoms with Crippen molar-refractivity contribution in [1.29, 1.82) is 0 Å². The van der Waals surface area contributed by atoms with Crippen LogP contribution in [0.2, 0.25) is 10.0 Å². The number of fused-ring (bicyclic) bond motifs is 2. The van der Waals surface area contributed by atoms with E-state index in [1.165, 1.54) is 6.07 Å². The number of carboxylic acids is 1. The normalized spacial score (nSPS) is 13.6. The van der Waals surface area contributed by atoms with Gasteiger partial charge in [0, 0.05) is 11.9 Å². The molecule has 1 aliphatic rings. The van der Waals surface area contributed by atoms with Crippen molar-refractivity contribution in [1.82, 2.24) is 15.1 Å². The summed E-state index contributed by atoms with van der Waals surface area (Å²) in [6.45, 7) is 0.573. The lowest BCUT2D eigenvalue weighted by Crippen LogP contribution is -2.39. The first kappa shape index (κ1) is 16.7. The first-order valence-electron chi connectivity index (χ1n) is 7.66. The lowest BCUT2D eigenvalue weighted by atomic mass is 10.0. The van der Waals surface area contributed by atoms with Crippen LogP contribution in [0.3, 0.4) is 0 Å². The molecular weight excluding hydrogens is 379 g/mol. The molecule has 0 unspecified atom stereocenters. The van der Waals surface area contributed by atoms with E-state index in [0.717, 1.165) is 16.5 Å². The quantitative estimate of drug-likeness (QED) is 0.634. The predicted octanol–water partition coefficient (Wildman–Crippen LogP) is 3.59. The zero-order valence-electron chi connectivity index (χ0n) is 13.2. The molecule has 7 nitrogen and oxygen atoms in total. The van der Waals surface area contributed by atoms with E-state index < -0.39 is 5.97 Å². The van der Waals surface area contributed by atoms with Crippen LogP contribution in [-0.2, 0) is 6.54 Å². The number of nitrogens with one attached hydrogen (secondary N) is 2. The third-order valence-electron chi connectivity index (χ3n) is 4.28. The number of rotatable bonds is 3. The van der Waals surface area contributed by atoms with Gasteiger partial charge < -0.3 is 15.3 Å². The number of halogens is 2. The molecule has 0 radical (unpaired) electrons. The van der Waals surface area contributed by atoms with E-state index in [2.05, 4.69) is 15.5 Å². The summed E-state index contributed by atoms with van der Waals surface area (Å²) >= 11 is 12.2. The summed E-state index contributed by atoms with van der Waals surface area (Å²) in [4.78, 5) is 25.7. The Labute approximate surface area is 157 Å². The molecule has 1 amide bonds. The third kappa shape index (κ3) is 2.65. The molecule has 26 heavy (non-hydrogen) atoms. The number of amides is 1. The Morgan fingerprint density at radius 3 is 2.88 bits per heavy atom. The van der Waals surface area contributed by atoms with Crippen molar-refractivity contribution >= 4 is 51.7 Å². The van der Waals surface area contributed by atoms with E-state index in [1.807, 2.05) is 18.2 Å². The molecule has 0 saturated heterocycles. The number of aromatic carboxylic acids is 1. The first-order chi connectivity index (χ1) is 12.5. The molecule has 2 aromatic carbocycles. The highest BCUT2D eigenvalue weighted by atomic mass is 35.5. The van der Waals surface area contributed by atoms with Crippen LogP contribution < -0.4 is 5.32 Å². The Balaban J connectivity index is 1.66. The standard InChI is InChI=1S/C17H12Cl2N4O3/c18-11-4-10-15(14(19)13(11)17(25)26)20-7-23(16(10)24)6-8-1-2-9-5-21-22-12(9)3-8/h1-5,20H,6-7H2,(H,21,22)(H,25,26). The van der Waals surface area contributed by atoms with E-state index in [4.69, 9.17) is 23.2 Å². The minimum atomic E-state index is -1.24. The Bertz CT molecular complexity index is 1060. The number of hydrogen-bond donors (Lipinski definition) is 3.